The molecular weight excluding hydrogens is 284 g/mol. The van der Waals surface area contributed by atoms with Crippen molar-refractivity contribution in [2.24, 2.45) is 0 Å². The van der Waals surface area contributed by atoms with E-state index in [0.717, 1.165) is 25.9 Å². The van der Waals surface area contributed by atoms with Gasteiger partial charge in [0.2, 0.25) is 0 Å². The normalized spacial score (nSPS) is 16.9. The van der Waals surface area contributed by atoms with Crippen LogP contribution in [0.3, 0.4) is 0 Å². The van der Waals surface area contributed by atoms with Crippen molar-refractivity contribution in [1.82, 2.24) is 15.1 Å². The van der Waals surface area contributed by atoms with Gasteiger partial charge in [0, 0.05) is 32.3 Å². The Balaban J connectivity index is 2.49. The van der Waals surface area contributed by atoms with Crippen molar-refractivity contribution in [3.05, 3.63) is 11.8 Å². The summed E-state index contributed by atoms with van der Waals surface area (Å²) >= 11 is 0. The van der Waals surface area contributed by atoms with Gasteiger partial charge < -0.3 is 20.2 Å². The number of likely N-dealkylation sites (tertiary alicyclic amines) is 1. The van der Waals surface area contributed by atoms with E-state index in [1.54, 1.807) is 6.20 Å². The molecular formula is C15H24N4O3. The minimum absolute atomic E-state index is 0.00136. The molecule has 0 unspecified atom stereocenters. The van der Waals surface area contributed by atoms with Gasteiger partial charge in [-0.2, -0.15) is 5.26 Å². The van der Waals surface area contributed by atoms with Gasteiger partial charge in [-0.25, -0.2) is 0 Å². The molecule has 1 rings (SSSR count). The lowest BCUT2D eigenvalue weighted by molar-refractivity contribution is -0.137. The molecule has 2 N–H and O–H groups in total. The van der Waals surface area contributed by atoms with Gasteiger partial charge in [0.05, 0.1) is 0 Å². The molecule has 7 heteroatoms. The fraction of sp³-hybridized carbons (Fsp3) is 0.667. The number of amides is 1. The minimum Gasteiger partial charge on any atom is -0.481 e. The second kappa shape index (κ2) is 9.05. The van der Waals surface area contributed by atoms with Crippen molar-refractivity contribution in [2.75, 3.05) is 33.7 Å². The lowest BCUT2D eigenvalue weighted by Gasteiger charge is -2.34. The molecule has 1 heterocycles. The molecule has 1 aliphatic heterocycles. The van der Waals surface area contributed by atoms with Crippen LogP contribution in [0, 0.1) is 11.3 Å². The molecule has 0 bridgehead atoms. The van der Waals surface area contributed by atoms with Crippen molar-refractivity contribution in [3.63, 3.8) is 0 Å². The zero-order chi connectivity index (χ0) is 16.5. The molecule has 22 heavy (non-hydrogen) atoms. The van der Waals surface area contributed by atoms with Crippen LogP contribution in [0.15, 0.2) is 11.8 Å². The van der Waals surface area contributed by atoms with Crippen LogP contribution in [0.1, 0.15) is 25.7 Å². The lowest BCUT2D eigenvalue weighted by Crippen LogP contribution is -2.40. The van der Waals surface area contributed by atoms with E-state index in [1.165, 1.54) is 0 Å². The van der Waals surface area contributed by atoms with Gasteiger partial charge in [0.1, 0.15) is 11.6 Å². The largest absolute Gasteiger partial charge is 0.481 e. The van der Waals surface area contributed by atoms with Gasteiger partial charge in [-0.05, 0) is 39.4 Å². The number of carbonyl (C=O) groups excluding carboxylic acids is 1. The van der Waals surface area contributed by atoms with Crippen LogP contribution in [-0.2, 0) is 9.59 Å². The average molecular weight is 308 g/mol. The summed E-state index contributed by atoms with van der Waals surface area (Å²) in [5, 5.41) is 20.2. The molecule has 0 aromatic carbocycles. The first-order valence-electron chi connectivity index (χ1n) is 7.46. The zero-order valence-corrected chi connectivity index (χ0v) is 13.2. The number of carboxylic acids is 1. The molecule has 122 valence electrons. The van der Waals surface area contributed by atoms with E-state index >= 15 is 0 Å². The predicted octanol–water partition coefficient (Wildman–Crippen LogP) is 0.401. The van der Waals surface area contributed by atoms with E-state index in [-0.39, 0.29) is 18.5 Å². The summed E-state index contributed by atoms with van der Waals surface area (Å²) < 4.78 is 0. The lowest BCUT2D eigenvalue weighted by atomic mass is 10.0. The summed E-state index contributed by atoms with van der Waals surface area (Å²) in [6.45, 7) is 2.26. The van der Waals surface area contributed by atoms with Crippen molar-refractivity contribution in [1.29, 1.82) is 5.26 Å². The molecule has 0 atom stereocenters. The Bertz CT molecular complexity index is 462. The predicted molar refractivity (Wildman–Crippen MR) is 81.9 cm³/mol. The average Bonchev–Trinajstić information content (AvgIpc) is 2.49. The van der Waals surface area contributed by atoms with Crippen LogP contribution in [0.5, 0.6) is 0 Å². The van der Waals surface area contributed by atoms with E-state index in [1.807, 2.05) is 18.0 Å². The first kappa shape index (κ1) is 18.0. The summed E-state index contributed by atoms with van der Waals surface area (Å²) in [5.74, 6) is -1.35. The minimum atomic E-state index is -0.896. The van der Waals surface area contributed by atoms with Crippen LogP contribution in [0.25, 0.3) is 0 Å². The third-order valence-electron chi connectivity index (χ3n) is 3.81. The SMILES string of the molecule is CN1CCC(N(C)/C=C(/C#N)C(=O)NCCCC(=O)O)CC1. The fourth-order valence-corrected chi connectivity index (χ4v) is 2.39. The van der Waals surface area contributed by atoms with Crippen LogP contribution in [-0.4, -0.2) is 66.6 Å². The maximum absolute atomic E-state index is 11.9. The Labute approximate surface area is 131 Å². The van der Waals surface area contributed by atoms with Crippen molar-refractivity contribution in [3.8, 4) is 6.07 Å². The number of nitrogens with zero attached hydrogens (tertiary/aromatic N) is 3. The number of hydrogen-bond donors (Lipinski definition) is 2. The quantitative estimate of drug-likeness (QED) is 0.401. The van der Waals surface area contributed by atoms with Gasteiger partial charge >= 0.3 is 5.97 Å². The summed E-state index contributed by atoms with van der Waals surface area (Å²) in [5.41, 5.74) is 0.0525. The molecule has 7 nitrogen and oxygen atoms in total. The molecule has 0 saturated carbocycles. The Morgan fingerprint density at radius 2 is 2.09 bits per heavy atom. The third kappa shape index (κ3) is 6.14. The monoisotopic (exact) mass is 308 g/mol. The molecule has 0 radical (unpaired) electrons. The number of hydrogen-bond acceptors (Lipinski definition) is 5. The third-order valence-corrected chi connectivity index (χ3v) is 3.81. The summed E-state index contributed by atoms with van der Waals surface area (Å²) in [7, 11) is 3.96. The molecule has 0 aliphatic carbocycles. The number of aliphatic carboxylic acids is 1. The van der Waals surface area contributed by atoms with E-state index in [9.17, 15) is 9.59 Å². The van der Waals surface area contributed by atoms with Gasteiger partial charge in [-0.15, -0.1) is 0 Å². The second-order valence-corrected chi connectivity index (χ2v) is 5.61. The number of carbonyl (C=O) groups is 2. The highest BCUT2D eigenvalue weighted by atomic mass is 16.4. The second-order valence-electron chi connectivity index (χ2n) is 5.61. The number of carboxylic acid groups (broad SMARTS) is 1. The Morgan fingerprint density at radius 3 is 2.64 bits per heavy atom. The number of piperidine rings is 1. The number of nitrogens with one attached hydrogen (secondary N) is 1. The van der Waals surface area contributed by atoms with Crippen LogP contribution in [0.2, 0.25) is 0 Å². The van der Waals surface area contributed by atoms with E-state index in [2.05, 4.69) is 17.3 Å². The highest BCUT2D eigenvalue weighted by molar-refractivity contribution is 5.97. The number of nitriles is 1. The standard InChI is InChI=1S/C15H24N4O3/c1-18-8-5-13(6-9-18)19(2)11-12(10-16)15(22)17-7-3-4-14(20)21/h11,13H,3-9H2,1-2H3,(H,17,22)(H,20,21)/b12-11-. The maximum atomic E-state index is 11.9. The molecule has 1 amide bonds. The fourth-order valence-electron chi connectivity index (χ4n) is 2.39. The molecule has 1 saturated heterocycles. The zero-order valence-electron chi connectivity index (χ0n) is 13.2. The Hall–Kier alpha value is -2.07. The molecule has 0 aromatic rings. The maximum Gasteiger partial charge on any atom is 0.303 e. The Morgan fingerprint density at radius 1 is 1.45 bits per heavy atom. The van der Waals surface area contributed by atoms with Crippen LogP contribution in [0.4, 0.5) is 0 Å². The topological polar surface area (TPSA) is 96.7 Å². The summed E-state index contributed by atoms with van der Waals surface area (Å²) in [4.78, 5) is 26.5. The van der Waals surface area contributed by atoms with E-state index in [4.69, 9.17) is 10.4 Å². The Kier molecular flexibility index (Phi) is 7.40. The number of rotatable bonds is 7. The van der Waals surface area contributed by atoms with Crippen molar-refractivity contribution < 1.29 is 14.7 Å². The highest BCUT2D eigenvalue weighted by Crippen LogP contribution is 2.15. The van der Waals surface area contributed by atoms with Crippen LogP contribution >= 0.6 is 0 Å². The van der Waals surface area contributed by atoms with Gasteiger partial charge in [0.25, 0.3) is 5.91 Å². The molecule has 0 aromatic heterocycles. The summed E-state index contributed by atoms with van der Waals surface area (Å²) in [6, 6.07) is 2.24. The first-order valence-corrected chi connectivity index (χ1v) is 7.46. The van der Waals surface area contributed by atoms with Crippen molar-refractivity contribution >= 4 is 11.9 Å². The molecule has 1 fully saturated rings. The highest BCUT2D eigenvalue weighted by Gasteiger charge is 2.20. The van der Waals surface area contributed by atoms with E-state index < -0.39 is 11.9 Å². The first-order chi connectivity index (χ1) is 10.4. The van der Waals surface area contributed by atoms with Crippen molar-refractivity contribution in [2.45, 2.75) is 31.7 Å². The van der Waals surface area contributed by atoms with Gasteiger partial charge in [-0.1, -0.05) is 0 Å². The van der Waals surface area contributed by atoms with Gasteiger partial charge in [-0.3, -0.25) is 9.59 Å². The molecule has 0 spiro atoms. The van der Waals surface area contributed by atoms with E-state index in [0.29, 0.717) is 12.5 Å². The van der Waals surface area contributed by atoms with Gasteiger partial charge in [0.15, 0.2) is 0 Å². The smallest absolute Gasteiger partial charge is 0.303 e. The summed E-state index contributed by atoms with van der Waals surface area (Å²) in [6.07, 6.45) is 3.94. The van der Waals surface area contributed by atoms with Crippen LogP contribution < -0.4 is 5.32 Å². The molecule has 1 aliphatic rings.